The number of methoxy groups -OCH3 is 1. The van der Waals surface area contributed by atoms with Gasteiger partial charge in [-0.15, -0.1) is 0 Å². The Balaban J connectivity index is 2.51. The molecule has 0 aliphatic carbocycles. The van der Waals surface area contributed by atoms with E-state index >= 15 is 0 Å². The van der Waals surface area contributed by atoms with Gasteiger partial charge in [0.05, 0.1) is 25.7 Å². The molecule has 1 saturated heterocycles. The summed E-state index contributed by atoms with van der Waals surface area (Å²) in [6.07, 6.45) is 11.6. The van der Waals surface area contributed by atoms with Gasteiger partial charge < -0.3 is 19.7 Å². The van der Waals surface area contributed by atoms with Crippen LogP contribution in [0.1, 0.15) is 64.7 Å². The summed E-state index contributed by atoms with van der Waals surface area (Å²) in [5.74, 6) is -0.879. The number of hydrogen-bond donors (Lipinski definition) is 2. The maximum atomic E-state index is 11.7. The summed E-state index contributed by atoms with van der Waals surface area (Å²) in [7, 11) is 1.37. The van der Waals surface area contributed by atoms with Gasteiger partial charge in [-0.05, 0) is 31.8 Å². The van der Waals surface area contributed by atoms with Crippen LogP contribution in [0.15, 0.2) is 24.3 Å². The lowest BCUT2D eigenvalue weighted by atomic mass is 9.87. The van der Waals surface area contributed by atoms with Crippen LogP contribution in [-0.2, 0) is 19.1 Å². The number of unbranched alkanes of at least 4 members (excludes halogenated alkanes) is 3. The normalized spacial score (nSPS) is 24.3. The monoisotopic (exact) mass is 382 g/mol. The Morgan fingerprint density at radius 3 is 2.81 bits per heavy atom. The second kappa shape index (κ2) is 13.5. The topological polar surface area (TPSA) is 93.1 Å². The average molecular weight is 382 g/mol. The molecular formula is C21H34O6. The minimum Gasteiger partial charge on any atom is -0.469 e. The van der Waals surface area contributed by atoms with Crippen molar-refractivity contribution >= 4 is 11.9 Å². The second-order valence-electron chi connectivity index (χ2n) is 7.01. The molecule has 0 unspecified atom stereocenters. The van der Waals surface area contributed by atoms with Crippen molar-refractivity contribution in [3.63, 3.8) is 0 Å². The van der Waals surface area contributed by atoms with Gasteiger partial charge in [0.1, 0.15) is 6.10 Å². The van der Waals surface area contributed by atoms with Gasteiger partial charge in [0, 0.05) is 12.3 Å². The fourth-order valence-corrected chi connectivity index (χ4v) is 3.08. The van der Waals surface area contributed by atoms with Gasteiger partial charge in [-0.1, -0.05) is 44.4 Å². The van der Waals surface area contributed by atoms with Gasteiger partial charge in [0.15, 0.2) is 0 Å². The van der Waals surface area contributed by atoms with Gasteiger partial charge in [0.2, 0.25) is 0 Å². The van der Waals surface area contributed by atoms with Crippen LogP contribution >= 0.6 is 0 Å². The van der Waals surface area contributed by atoms with E-state index < -0.39 is 24.3 Å². The van der Waals surface area contributed by atoms with Crippen molar-refractivity contribution < 1.29 is 29.3 Å². The predicted molar refractivity (Wildman–Crippen MR) is 103 cm³/mol. The molecule has 1 aliphatic heterocycles. The highest BCUT2D eigenvalue weighted by molar-refractivity contribution is 5.71. The van der Waals surface area contributed by atoms with E-state index in [-0.39, 0.29) is 18.3 Å². The standard InChI is InChI=1S/C21H34O6/c1-3-4-7-10-16(22)13-14-19-17(18(23)15-21(25)27-19)11-8-5-6-9-12-20(24)26-2/h5,8,13-14,16-19,22-23H,3-4,6-7,9-12,15H2,1-2H3/b8-5-,14-13+/t16-,17-,18-,19+/m0/s1. The lowest BCUT2D eigenvalue weighted by molar-refractivity contribution is -0.163. The highest BCUT2D eigenvalue weighted by Crippen LogP contribution is 2.27. The van der Waals surface area contributed by atoms with Crippen LogP contribution in [0.3, 0.4) is 0 Å². The smallest absolute Gasteiger partial charge is 0.309 e. The van der Waals surface area contributed by atoms with Crippen molar-refractivity contribution in [3.05, 3.63) is 24.3 Å². The summed E-state index contributed by atoms with van der Waals surface area (Å²) in [5.41, 5.74) is 0. The first-order valence-corrected chi connectivity index (χ1v) is 9.93. The first kappa shape index (κ1) is 23.4. The summed E-state index contributed by atoms with van der Waals surface area (Å²) < 4.78 is 9.97. The summed E-state index contributed by atoms with van der Waals surface area (Å²) in [4.78, 5) is 22.7. The summed E-state index contributed by atoms with van der Waals surface area (Å²) in [5, 5.41) is 20.3. The van der Waals surface area contributed by atoms with Crippen molar-refractivity contribution in [2.45, 2.75) is 83.0 Å². The van der Waals surface area contributed by atoms with Crippen LogP contribution < -0.4 is 0 Å². The number of allylic oxidation sites excluding steroid dienone is 2. The fourth-order valence-electron chi connectivity index (χ4n) is 3.08. The number of aliphatic hydroxyl groups excluding tert-OH is 2. The Morgan fingerprint density at radius 1 is 1.33 bits per heavy atom. The maximum absolute atomic E-state index is 11.7. The van der Waals surface area contributed by atoms with Crippen LogP contribution in [0.2, 0.25) is 0 Å². The van der Waals surface area contributed by atoms with Crippen molar-refractivity contribution in [1.29, 1.82) is 0 Å². The summed E-state index contributed by atoms with van der Waals surface area (Å²) >= 11 is 0. The second-order valence-corrected chi connectivity index (χ2v) is 7.01. The molecule has 1 rings (SSSR count). The first-order valence-electron chi connectivity index (χ1n) is 9.93. The third-order valence-corrected chi connectivity index (χ3v) is 4.74. The van der Waals surface area contributed by atoms with Crippen molar-refractivity contribution in [2.24, 2.45) is 5.92 Å². The number of carbonyl (C=O) groups is 2. The molecule has 0 amide bonds. The van der Waals surface area contributed by atoms with E-state index in [2.05, 4.69) is 11.7 Å². The van der Waals surface area contributed by atoms with E-state index in [1.807, 2.05) is 12.2 Å². The van der Waals surface area contributed by atoms with Crippen LogP contribution in [0.5, 0.6) is 0 Å². The van der Waals surface area contributed by atoms with E-state index in [9.17, 15) is 19.8 Å². The third kappa shape index (κ3) is 9.73. The highest BCUT2D eigenvalue weighted by Gasteiger charge is 2.35. The Hall–Kier alpha value is -1.66. The fraction of sp³-hybridized carbons (Fsp3) is 0.714. The van der Waals surface area contributed by atoms with Crippen LogP contribution in [0.4, 0.5) is 0 Å². The molecule has 0 saturated carbocycles. The molecule has 154 valence electrons. The molecule has 1 aliphatic rings. The molecule has 0 aromatic carbocycles. The zero-order chi connectivity index (χ0) is 20.1. The number of cyclic esters (lactones) is 1. The molecule has 0 aromatic heterocycles. The van der Waals surface area contributed by atoms with E-state index in [1.165, 1.54) is 7.11 Å². The minimum absolute atomic E-state index is 0.00968. The predicted octanol–water partition coefficient (Wildman–Crippen LogP) is 3.07. The lowest BCUT2D eigenvalue weighted by Crippen LogP contribution is -2.41. The number of carbonyl (C=O) groups excluding carboxylic acids is 2. The van der Waals surface area contributed by atoms with Crippen molar-refractivity contribution in [2.75, 3.05) is 7.11 Å². The molecule has 6 heteroatoms. The maximum Gasteiger partial charge on any atom is 0.309 e. The molecule has 27 heavy (non-hydrogen) atoms. The van der Waals surface area contributed by atoms with E-state index in [0.29, 0.717) is 25.7 Å². The molecule has 0 radical (unpaired) electrons. The van der Waals surface area contributed by atoms with Gasteiger partial charge in [-0.2, -0.15) is 0 Å². The average Bonchev–Trinajstić information content (AvgIpc) is 2.64. The third-order valence-electron chi connectivity index (χ3n) is 4.74. The molecule has 0 spiro atoms. The van der Waals surface area contributed by atoms with Crippen LogP contribution in [0.25, 0.3) is 0 Å². The SMILES string of the molecule is CCCCC[C@H](O)/C=C/[C@H]1OC(=O)C[C@H](O)[C@@H]1C/C=C\CCCC(=O)OC. The molecule has 1 fully saturated rings. The summed E-state index contributed by atoms with van der Waals surface area (Å²) in [6, 6.07) is 0. The van der Waals surface area contributed by atoms with E-state index in [1.54, 1.807) is 12.2 Å². The van der Waals surface area contributed by atoms with Gasteiger partial charge in [0.25, 0.3) is 0 Å². The van der Waals surface area contributed by atoms with E-state index in [0.717, 1.165) is 25.7 Å². The molecule has 0 aromatic rings. The molecule has 4 atom stereocenters. The van der Waals surface area contributed by atoms with Crippen molar-refractivity contribution in [1.82, 2.24) is 0 Å². The van der Waals surface area contributed by atoms with Crippen LogP contribution in [-0.4, -0.2) is 47.6 Å². The number of hydrogen-bond acceptors (Lipinski definition) is 6. The zero-order valence-corrected chi connectivity index (χ0v) is 16.5. The molecule has 6 nitrogen and oxygen atoms in total. The Kier molecular flexibility index (Phi) is 11.7. The van der Waals surface area contributed by atoms with Crippen LogP contribution in [0, 0.1) is 5.92 Å². The molecular weight excluding hydrogens is 348 g/mol. The number of rotatable bonds is 12. The van der Waals surface area contributed by atoms with Gasteiger partial charge in [-0.3, -0.25) is 9.59 Å². The minimum atomic E-state index is -0.766. The quantitative estimate of drug-likeness (QED) is 0.306. The molecule has 1 heterocycles. The number of ether oxygens (including phenoxy) is 2. The summed E-state index contributed by atoms with van der Waals surface area (Å²) in [6.45, 7) is 2.11. The highest BCUT2D eigenvalue weighted by atomic mass is 16.5. The Labute approximate surface area is 162 Å². The lowest BCUT2D eigenvalue weighted by Gasteiger charge is -2.32. The largest absolute Gasteiger partial charge is 0.469 e. The molecule has 0 bridgehead atoms. The van der Waals surface area contributed by atoms with Crippen molar-refractivity contribution in [3.8, 4) is 0 Å². The van der Waals surface area contributed by atoms with E-state index in [4.69, 9.17) is 4.74 Å². The molecule has 2 N–H and O–H groups in total. The Bertz CT molecular complexity index is 499. The van der Waals surface area contributed by atoms with Gasteiger partial charge >= 0.3 is 11.9 Å². The van der Waals surface area contributed by atoms with Gasteiger partial charge in [-0.25, -0.2) is 0 Å². The number of aliphatic hydroxyl groups is 2. The first-order chi connectivity index (χ1) is 13.0. The Morgan fingerprint density at radius 2 is 2.11 bits per heavy atom. The zero-order valence-electron chi connectivity index (χ0n) is 16.5. The number of esters is 2.